The average molecular weight is 186 g/mol. The van der Waals surface area contributed by atoms with Gasteiger partial charge in [0.2, 0.25) is 0 Å². The van der Waals surface area contributed by atoms with Crippen LogP contribution in [0.1, 0.15) is 12.5 Å². The van der Waals surface area contributed by atoms with Gasteiger partial charge in [0.05, 0.1) is 11.0 Å². The lowest BCUT2D eigenvalue weighted by Crippen LogP contribution is -1.96. The molecule has 70 valence electrons. The van der Waals surface area contributed by atoms with Gasteiger partial charge in [0, 0.05) is 18.8 Å². The minimum absolute atomic E-state index is 0.160. The van der Waals surface area contributed by atoms with Crippen molar-refractivity contribution < 1.29 is 4.79 Å². The van der Waals surface area contributed by atoms with Crippen molar-refractivity contribution in [3.63, 3.8) is 0 Å². The fourth-order valence-corrected chi connectivity index (χ4v) is 1.41. The van der Waals surface area contributed by atoms with Gasteiger partial charge in [-0.3, -0.25) is 14.8 Å². The smallest absolute Gasteiger partial charge is 0.134 e. The maximum absolute atomic E-state index is 10.9. The number of fused-ring (bicyclic) bond motifs is 1. The molecule has 0 atom stereocenters. The van der Waals surface area contributed by atoms with Crippen molar-refractivity contribution in [2.45, 2.75) is 13.3 Å². The van der Waals surface area contributed by atoms with Crippen LogP contribution >= 0.6 is 0 Å². The van der Waals surface area contributed by atoms with Gasteiger partial charge >= 0.3 is 0 Å². The summed E-state index contributed by atoms with van der Waals surface area (Å²) in [4.78, 5) is 19.2. The summed E-state index contributed by atoms with van der Waals surface area (Å²) < 4.78 is 0. The van der Waals surface area contributed by atoms with E-state index < -0.39 is 0 Å². The third kappa shape index (κ3) is 1.76. The van der Waals surface area contributed by atoms with Crippen molar-refractivity contribution in [1.29, 1.82) is 0 Å². The molecule has 0 fully saturated rings. The predicted octanol–water partition coefficient (Wildman–Crippen LogP) is 1.76. The van der Waals surface area contributed by atoms with Crippen LogP contribution in [-0.4, -0.2) is 15.8 Å². The van der Waals surface area contributed by atoms with Crippen molar-refractivity contribution in [3.8, 4) is 0 Å². The number of hydrogen-bond acceptors (Lipinski definition) is 3. The number of carbonyl (C=O) groups is 1. The van der Waals surface area contributed by atoms with Gasteiger partial charge in [-0.1, -0.05) is 6.07 Å². The van der Waals surface area contributed by atoms with Crippen LogP contribution in [0.15, 0.2) is 30.6 Å². The molecule has 0 aliphatic rings. The molecule has 0 unspecified atom stereocenters. The first-order chi connectivity index (χ1) is 6.75. The molecule has 0 saturated carbocycles. The van der Waals surface area contributed by atoms with E-state index in [9.17, 15) is 4.79 Å². The summed E-state index contributed by atoms with van der Waals surface area (Å²) in [6.07, 6.45) is 3.78. The largest absolute Gasteiger partial charge is 0.300 e. The normalized spacial score (nSPS) is 10.4. The summed E-state index contributed by atoms with van der Waals surface area (Å²) in [7, 11) is 0. The highest BCUT2D eigenvalue weighted by Gasteiger charge is 2.00. The van der Waals surface area contributed by atoms with E-state index in [0.29, 0.717) is 6.42 Å². The van der Waals surface area contributed by atoms with E-state index >= 15 is 0 Å². The van der Waals surface area contributed by atoms with Gasteiger partial charge in [0.15, 0.2) is 0 Å². The van der Waals surface area contributed by atoms with Crippen LogP contribution < -0.4 is 0 Å². The molecular formula is C11H10N2O. The molecule has 0 amide bonds. The molecule has 1 aromatic heterocycles. The van der Waals surface area contributed by atoms with E-state index in [1.54, 1.807) is 19.3 Å². The van der Waals surface area contributed by atoms with Crippen LogP contribution in [0.5, 0.6) is 0 Å². The van der Waals surface area contributed by atoms with Crippen LogP contribution in [0.4, 0.5) is 0 Å². The molecule has 1 heterocycles. The van der Waals surface area contributed by atoms with E-state index in [4.69, 9.17) is 0 Å². The summed E-state index contributed by atoms with van der Waals surface area (Å²) in [5.74, 6) is 0.160. The molecule has 3 heteroatoms. The average Bonchev–Trinajstić information content (AvgIpc) is 2.17. The van der Waals surface area contributed by atoms with Gasteiger partial charge in [-0.05, 0) is 24.6 Å². The number of carbonyl (C=O) groups excluding carboxylic acids is 1. The summed E-state index contributed by atoms with van der Waals surface area (Å²) >= 11 is 0. The fraction of sp³-hybridized carbons (Fsp3) is 0.182. The second kappa shape index (κ2) is 3.54. The van der Waals surface area contributed by atoms with Gasteiger partial charge in [-0.25, -0.2) is 0 Å². The zero-order chi connectivity index (χ0) is 9.97. The van der Waals surface area contributed by atoms with E-state index in [1.807, 2.05) is 18.2 Å². The molecule has 0 radical (unpaired) electrons. The maximum Gasteiger partial charge on any atom is 0.134 e. The molecule has 0 N–H and O–H groups in total. The lowest BCUT2D eigenvalue weighted by atomic mass is 10.1. The van der Waals surface area contributed by atoms with Crippen LogP contribution in [0.3, 0.4) is 0 Å². The lowest BCUT2D eigenvalue weighted by molar-refractivity contribution is -0.116. The first kappa shape index (κ1) is 8.81. The highest BCUT2D eigenvalue weighted by atomic mass is 16.1. The minimum Gasteiger partial charge on any atom is -0.300 e. The van der Waals surface area contributed by atoms with Crippen LogP contribution in [0, 0.1) is 0 Å². The first-order valence-electron chi connectivity index (χ1n) is 4.45. The Bertz CT molecular complexity index is 479. The van der Waals surface area contributed by atoms with Gasteiger partial charge in [-0.15, -0.1) is 0 Å². The SMILES string of the molecule is CC(=O)Cc1ccc2nccnc2c1. The lowest BCUT2D eigenvalue weighted by Gasteiger charge is -1.99. The number of aromatic nitrogens is 2. The molecule has 3 nitrogen and oxygen atoms in total. The number of Topliss-reactive ketones (excluding diaryl/α,β-unsaturated/α-hetero) is 1. The Labute approximate surface area is 81.8 Å². The third-order valence-corrected chi connectivity index (χ3v) is 1.99. The molecule has 0 saturated heterocycles. The quantitative estimate of drug-likeness (QED) is 0.717. The van der Waals surface area contributed by atoms with E-state index in [-0.39, 0.29) is 5.78 Å². The Balaban J connectivity index is 2.46. The minimum atomic E-state index is 0.160. The molecule has 0 aliphatic heterocycles. The molecular weight excluding hydrogens is 176 g/mol. The number of nitrogens with zero attached hydrogens (tertiary/aromatic N) is 2. The van der Waals surface area contributed by atoms with Gasteiger partial charge in [0.1, 0.15) is 5.78 Å². The Morgan fingerprint density at radius 2 is 1.93 bits per heavy atom. The Morgan fingerprint density at radius 3 is 2.64 bits per heavy atom. The van der Waals surface area contributed by atoms with Crippen molar-refractivity contribution in [2.24, 2.45) is 0 Å². The number of ketones is 1. The highest BCUT2D eigenvalue weighted by molar-refractivity contribution is 5.81. The molecule has 0 aliphatic carbocycles. The highest BCUT2D eigenvalue weighted by Crippen LogP contribution is 2.11. The number of rotatable bonds is 2. The fourth-order valence-electron chi connectivity index (χ4n) is 1.41. The van der Waals surface area contributed by atoms with Gasteiger partial charge in [0.25, 0.3) is 0 Å². The molecule has 0 bridgehead atoms. The molecule has 2 rings (SSSR count). The summed E-state index contributed by atoms with van der Waals surface area (Å²) in [5, 5.41) is 0. The van der Waals surface area contributed by atoms with Crippen LogP contribution in [0.2, 0.25) is 0 Å². The van der Waals surface area contributed by atoms with Gasteiger partial charge < -0.3 is 0 Å². The molecule has 2 aromatic rings. The zero-order valence-corrected chi connectivity index (χ0v) is 7.90. The standard InChI is InChI=1S/C11H10N2O/c1-8(14)6-9-2-3-10-11(7-9)13-5-4-12-10/h2-5,7H,6H2,1H3. The molecule has 1 aromatic carbocycles. The van der Waals surface area contributed by atoms with E-state index in [0.717, 1.165) is 16.6 Å². The molecule has 0 spiro atoms. The Kier molecular flexibility index (Phi) is 2.23. The summed E-state index contributed by atoms with van der Waals surface area (Å²) in [6, 6.07) is 5.71. The Hall–Kier alpha value is -1.77. The number of hydrogen-bond donors (Lipinski definition) is 0. The monoisotopic (exact) mass is 186 g/mol. The predicted molar refractivity (Wildman–Crippen MR) is 53.9 cm³/mol. The van der Waals surface area contributed by atoms with Gasteiger partial charge in [-0.2, -0.15) is 0 Å². The van der Waals surface area contributed by atoms with Crippen LogP contribution in [-0.2, 0) is 11.2 Å². The van der Waals surface area contributed by atoms with E-state index in [2.05, 4.69) is 9.97 Å². The second-order valence-electron chi connectivity index (χ2n) is 3.26. The number of benzene rings is 1. The zero-order valence-electron chi connectivity index (χ0n) is 7.90. The van der Waals surface area contributed by atoms with Crippen molar-refractivity contribution >= 4 is 16.8 Å². The topological polar surface area (TPSA) is 42.9 Å². The third-order valence-electron chi connectivity index (χ3n) is 1.99. The Morgan fingerprint density at radius 1 is 1.21 bits per heavy atom. The van der Waals surface area contributed by atoms with Crippen molar-refractivity contribution in [1.82, 2.24) is 9.97 Å². The van der Waals surface area contributed by atoms with Crippen molar-refractivity contribution in [3.05, 3.63) is 36.2 Å². The van der Waals surface area contributed by atoms with Crippen molar-refractivity contribution in [2.75, 3.05) is 0 Å². The summed E-state index contributed by atoms with van der Waals surface area (Å²) in [5.41, 5.74) is 2.69. The molecule has 14 heavy (non-hydrogen) atoms. The van der Waals surface area contributed by atoms with Crippen LogP contribution in [0.25, 0.3) is 11.0 Å². The first-order valence-corrected chi connectivity index (χ1v) is 4.45. The second-order valence-corrected chi connectivity index (χ2v) is 3.26. The maximum atomic E-state index is 10.9. The summed E-state index contributed by atoms with van der Waals surface area (Å²) in [6.45, 7) is 1.58. The van der Waals surface area contributed by atoms with E-state index in [1.165, 1.54) is 0 Å².